The van der Waals surface area contributed by atoms with Gasteiger partial charge in [-0.3, -0.25) is 0 Å². The molecule has 5 nitrogen and oxygen atoms in total. The Morgan fingerprint density at radius 3 is 2.56 bits per heavy atom. The Hall–Kier alpha value is -1.11. The monoisotopic (exact) mass is 270 g/mol. The van der Waals surface area contributed by atoms with Crippen LogP contribution >= 0.6 is 0 Å². The lowest BCUT2D eigenvalue weighted by Gasteiger charge is -2.36. The van der Waals surface area contributed by atoms with Crippen LogP contribution in [0.5, 0.6) is 5.75 Å². The van der Waals surface area contributed by atoms with E-state index < -0.39 is 10.0 Å². The van der Waals surface area contributed by atoms with Gasteiger partial charge in [0.15, 0.2) is 0 Å². The second-order valence-corrected chi connectivity index (χ2v) is 6.03. The molecule has 18 heavy (non-hydrogen) atoms. The van der Waals surface area contributed by atoms with E-state index in [1.807, 2.05) is 6.92 Å². The van der Waals surface area contributed by atoms with Crippen molar-refractivity contribution in [3.63, 3.8) is 0 Å². The maximum Gasteiger partial charge on any atom is 0.247 e. The maximum absolute atomic E-state index is 12.6. The van der Waals surface area contributed by atoms with E-state index in [4.69, 9.17) is 4.74 Å². The number of nitrogens with one attached hydrogen (secondary N) is 1. The summed E-state index contributed by atoms with van der Waals surface area (Å²) in [6.07, 6.45) is 0. The number of benzene rings is 1. The molecule has 1 heterocycles. The SMILES string of the molecule is CCN(C1CNC1)S(=O)(=O)c1ccccc1OC. The van der Waals surface area contributed by atoms with Gasteiger partial charge < -0.3 is 10.1 Å². The third-order valence-corrected chi connectivity index (χ3v) is 5.20. The predicted octanol–water partition coefficient (Wildman–Crippen LogP) is 0.678. The summed E-state index contributed by atoms with van der Waals surface area (Å²) >= 11 is 0. The summed E-state index contributed by atoms with van der Waals surface area (Å²) in [5.74, 6) is 0.392. The molecule has 0 atom stereocenters. The summed E-state index contributed by atoms with van der Waals surface area (Å²) in [6, 6.07) is 6.77. The Kier molecular flexibility index (Phi) is 3.89. The molecule has 1 aromatic carbocycles. The van der Waals surface area contributed by atoms with Crippen LogP contribution < -0.4 is 10.1 Å². The van der Waals surface area contributed by atoms with Crippen molar-refractivity contribution in [2.75, 3.05) is 26.7 Å². The van der Waals surface area contributed by atoms with Gasteiger partial charge in [-0.15, -0.1) is 0 Å². The second-order valence-electron chi connectivity index (χ2n) is 4.17. The fourth-order valence-corrected chi connectivity index (χ4v) is 3.85. The molecular weight excluding hydrogens is 252 g/mol. The topological polar surface area (TPSA) is 58.6 Å². The van der Waals surface area contributed by atoms with Gasteiger partial charge in [-0.1, -0.05) is 19.1 Å². The molecule has 1 saturated heterocycles. The first kappa shape index (κ1) is 13.3. The minimum Gasteiger partial charge on any atom is -0.495 e. The zero-order valence-electron chi connectivity index (χ0n) is 10.6. The number of likely N-dealkylation sites (N-methyl/N-ethyl adjacent to an activating group) is 1. The largest absolute Gasteiger partial charge is 0.495 e. The van der Waals surface area contributed by atoms with Crippen LogP contribution in [-0.2, 0) is 10.0 Å². The Morgan fingerprint density at radius 2 is 2.06 bits per heavy atom. The van der Waals surface area contributed by atoms with E-state index in [1.54, 1.807) is 24.3 Å². The number of rotatable bonds is 5. The molecule has 2 rings (SSSR count). The zero-order valence-corrected chi connectivity index (χ0v) is 11.4. The van der Waals surface area contributed by atoms with Crippen LogP contribution in [0.2, 0.25) is 0 Å². The van der Waals surface area contributed by atoms with Crippen LogP contribution in [-0.4, -0.2) is 45.5 Å². The Labute approximate surface area is 108 Å². The van der Waals surface area contributed by atoms with E-state index >= 15 is 0 Å². The van der Waals surface area contributed by atoms with Crippen LogP contribution in [0.4, 0.5) is 0 Å². The van der Waals surface area contributed by atoms with E-state index in [0.29, 0.717) is 25.4 Å². The number of para-hydroxylation sites is 1. The number of nitrogens with zero attached hydrogens (tertiary/aromatic N) is 1. The molecule has 100 valence electrons. The van der Waals surface area contributed by atoms with Crippen molar-refractivity contribution < 1.29 is 13.2 Å². The van der Waals surface area contributed by atoms with Gasteiger partial charge >= 0.3 is 0 Å². The van der Waals surface area contributed by atoms with E-state index in [-0.39, 0.29) is 10.9 Å². The van der Waals surface area contributed by atoms with Crippen LogP contribution in [0.1, 0.15) is 6.92 Å². The first-order valence-corrected chi connectivity index (χ1v) is 7.40. The summed E-state index contributed by atoms with van der Waals surface area (Å²) in [5.41, 5.74) is 0. The lowest BCUT2D eigenvalue weighted by atomic mass is 10.2. The van der Waals surface area contributed by atoms with Gasteiger partial charge in [-0.25, -0.2) is 8.42 Å². The Balaban J connectivity index is 2.39. The van der Waals surface area contributed by atoms with Crippen molar-refractivity contribution in [3.8, 4) is 5.75 Å². The molecule has 0 aromatic heterocycles. The fourth-order valence-electron chi connectivity index (χ4n) is 2.06. The highest BCUT2D eigenvalue weighted by molar-refractivity contribution is 7.89. The van der Waals surface area contributed by atoms with E-state index in [1.165, 1.54) is 11.4 Å². The van der Waals surface area contributed by atoms with Gasteiger partial charge in [0.2, 0.25) is 10.0 Å². The third kappa shape index (κ3) is 2.23. The molecule has 0 aliphatic carbocycles. The molecule has 1 N–H and O–H groups in total. The second kappa shape index (κ2) is 5.26. The van der Waals surface area contributed by atoms with Crippen molar-refractivity contribution in [1.29, 1.82) is 0 Å². The number of ether oxygens (including phenoxy) is 1. The van der Waals surface area contributed by atoms with E-state index in [2.05, 4.69) is 5.32 Å². The summed E-state index contributed by atoms with van der Waals surface area (Å²) < 4.78 is 31.9. The van der Waals surface area contributed by atoms with Crippen LogP contribution in [0.3, 0.4) is 0 Å². The normalized spacial score (nSPS) is 16.6. The highest BCUT2D eigenvalue weighted by atomic mass is 32.2. The van der Waals surface area contributed by atoms with Gasteiger partial charge in [-0.05, 0) is 12.1 Å². The average molecular weight is 270 g/mol. The molecule has 0 saturated carbocycles. The number of sulfonamides is 1. The molecule has 6 heteroatoms. The fraction of sp³-hybridized carbons (Fsp3) is 0.500. The molecule has 0 bridgehead atoms. The number of hydrogen-bond donors (Lipinski definition) is 1. The predicted molar refractivity (Wildman–Crippen MR) is 69.2 cm³/mol. The summed E-state index contributed by atoms with van der Waals surface area (Å²) in [4.78, 5) is 0.237. The highest BCUT2D eigenvalue weighted by Gasteiger charge is 2.34. The molecular formula is C12H18N2O3S. The van der Waals surface area contributed by atoms with Gasteiger partial charge in [-0.2, -0.15) is 4.31 Å². The number of methoxy groups -OCH3 is 1. The summed E-state index contributed by atoms with van der Waals surface area (Å²) in [6.45, 7) is 3.74. The molecule has 0 spiro atoms. The van der Waals surface area contributed by atoms with Crippen LogP contribution in [0.15, 0.2) is 29.2 Å². The Morgan fingerprint density at radius 1 is 1.39 bits per heavy atom. The van der Waals surface area contributed by atoms with Crippen molar-refractivity contribution in [1.82, 2.24) is 9.62 Å². The molecule has 1 fully saturated rings. The van der Waals surface area contributed by atoms with Crippen molar-refractivity contribution in [3.05, 3.63) is 24.3 Å². The van der Waals surface area contributed by atoms with E-state index in [0.717, 1.165) is 0 Å². The summed E-state index contributed by atoms with van der Waals surface area (Å²) in [5, 5.41) is 3.09. The number of hydrogen-bond acceptors (Lipinski definition) is 4. The minimum atomic E-state index is -3.49. The molecule has 1 aliphatic heterocycles. The van der Waals surface area contributed by atoms with E-state index in [9.17, 15) is 8.42 Å². The minimum absolute atomic E-state index is 0.0462. The molecule has 0 unspecified atom stereocenters. The quantitative estimate of drug-likeness (QED) is 0.854. The average Bonchev–Trinajstić information content (AvgIpc) is 2.33. The van der Waals surface area contributed by atoms with Crippen molar-refractivity contribution in [2.24, 2.45) is 0 Å². The smallest absolute Gasteiger partial charge is 0.247 e. The Bertz CT molecular complexity index is 512. The molecule has 1 aromatic rings. The van der Waals surface area contributed by atoms with Gasteiger partial charge in [0.25, 0.3) is 0 Å². The molecule has 1 aliphatic rings. The van der Waals surface area contributed by atoms with Crippen LogP contribution in [0.25, 0.3) is 0 Å². The van der Waals surface area contributed by atoms with Crippen LogP contribution in [0, 0.1) is 0 Å². The van der Waals surface area contributed by atoms with Gasteiger partial charge in [0.1, 0.15) is 10.6 Å². The molecule has 0 amide bonds. The first-order chi connectivity index (χ1) is 8.61. The highest BCUT2D eigenvalue weighted by Crippen LogP contribution is 2.27. The van der Waals surface area contributed by atoms with Crippen molar-refractivity contribution >= 4 is 10.0 Å². The van der Waals surface area contributed by atoms with Gasteiger partial charge in [0, 0.05) is 19.6 Å². The standard InChI is InChI=1S/C12H18N2O3S/c1-3-14(10-8-13-9-10)18(15,16)12-7-5-4-6-11(12)17-2/h4-7,10,13H,3,8-9H2,1-2H3. The van der Waals surface area contributed by atoms with Gasteiger partial charge in [0.05, 0.1) is 13.2 Å². The lowest BCUT2D eigenvalue weighted by molar-refractivity contribution is 0.249. The van der Waals surface area contributed by atoms with Crippen molar-refractivity contribution in [2.45, 2.75) is 17.9 Å². The lowest BCUT2D eigenvalue weighted by Crippen LogP contribution is -2.58. The third-order valence-electron chi connectivity index (χ3n) is 3.13. The molecule has 0 radical (unpaired) electrons. The summed E-state index contributed by atoms with van der Waals surface area (Å²) in [7, 11) is -2.00. The maximum atomic E-state index is 12.6. The first-order valence-electron chi connectivity index (χ1n) is 5.96. The zero-order chi connectivity index (χ0) is 13.2.